The zero-order valence-corrected chi connectivity index (χ0v) is 23.8. The number of hydrogen-bond acceptors (Lipinski definition) is 7. The number of ether oxygens (including phenoxy) is 1. The normalized spacial score (nSPS) is 18.0. The van der Waals surface area contributed by atoms with Crippen molar-refractivity contribution in [1.82, 2.24) is 20.9 Å². The molecule has 3 atom stereocenters. The number of aromatic nitrogens is 1. The van der Waals surface area contributed by atoms with Crippen LogP contribution in [0.15, 0.2) is 24.3 Å². The highest BCUT2D eigenvalue weighted by Crippen LogP contribution is 2.26. The van der Waals surface area contributed by atoms with Gasteiger partial charge in [0.15, 0.2) is 12.4 Å². The van der Waals surface area contributed by atoms with E-state index < -0.39 is 60.5 Å². The van der Waals surface area contributed by atoms with Crippen molar-refractivity contribution < 1.29 is 33.1 Å². The molecule has 1 aromatic heterocycles. The number of benzene rings is 1. The number of nitrogens with one attached hydrogen (secondary N) is 4. The van der Waals surface area contributed by atoms with E-state index in [1.165, 1.54) is 31.0 Å². The summed E-state index contributed by atoms with van der Waals surface area (Å²) in [4.78, 5) is 64.9. The average Bonchev–Trinajstić information content (AvgIpc) is 3.59. The Morgan fingerprint density at radius 1 is 1.17 bits per heavy atom. The molecule has 2 aliphatic rings. The number of piperidine rings is 1. The molecule has 11 nitrogen and oxygen atoms in total. The number of nitrogens with two attached hydrogens (primary N) is 1. The smallest absolute Gasteiger partial charge is 0.323 e. The first-order valence-electron chi connectivity index (χ1n) is 14.0. The summed E-state index contributed by atoms with van der Waals surface area (Å²) in [7, 11) is 0. The number of fused-ring (bicyclic) bond motifs is 1. The first-order chi connectivity index (χ1) is 19.5. The summed E-state index contributed by atoms with van der Waals surface area (Å²) in [6.45, 7) is 5.19. The first kappa shape index (κ1) is 31.7. The Morgan fingerprint density at radius 3 is 2.49 bits per heavy atom. The molecule has 2 aromatic rings. The van der Waals surface area contributed by atoms with Crippen LogP contribution < -0.4 is 21.7 Å². The third kappa shape index (κ3) is 9.66. The Bertz CT molecular complexity index is 1260. The molecule has 1 aromatic carbocycles. The van der Waals surface area contributed by atoms with Gasteiger partial charge in [-0.1, -0.05) is 45.7 Å². The Labute approximate surface area is 238 Å². The molecular formula is C29H40FN5O6. The summed E-state index contributed by atoms with van der Waals surface area (Å²) >= 11 is 0. The summed E-state index contributed by atoms with van der Waals surface area (Å²) in [6, 6.07) is 3.83. The number of halogens is 1. The van der Waals surface area contributed by atoms with Crippen molar-refractivity contribution >= 4 is 40.4 Å². The second-order valence-electron chi connectivity index (χ2n) is 11.1. The largest absolute Gasteiger partial charge is 0.456 e. The van der Waals surface area contributed by atoms with Crippen LogP contribution in [0, 0.1) is 23.6 Å². The molecule has 2 heterocycles. The van der Waals surface area contributed by atoms with Crippen molar-refractivity contribution in [2.75, 3.05) is 19.7 Å². The lowest BCUT2D eigenvalue weighted by atomic mass is 9.90. The molecule has 6 N–H and O–H groups in total. The van der Waals surface area contributed by atoms with Crippen LogP contribution in [0.1, 0.15) is 63.4 Å². The fourth-order valence-corrected chi connectivity index (χ4v) is 4.14. The molecular weight excluding hydrogens is 533 g/mol. The lowest BCUT2D eigenvalue weighted by Gasteiger charge is -2.26. The van der Waals surface area contributed by atoms with Gasteiger partial charge in [0.1, 0.15) is 17.6 Å². The predicted molar refractivity (Wildman–Crippen MR) is 150 cm³/mol. The lowest BCUT2D eigenvalue weighted by Crippen LogP contribution is -2.50. The van der Waals surface area contributed by atoms with Crippen LogP contribution >= 0.6 is 0 Å². The average molecular weight is 574 g/mol. The first-order valence-corrected chi connectivity index (χ1v) is 14.0. The van der Waals surface area contributed by atoms with Gasteiger partial charge in [-0.2, -0.15) is 0 Å². The SMILES string of the molecule is CC(C)C(N)C(=O)OCC(=O)C(C[C@@H]1CCCNC1=O)NC(=O)CNC(=O)c1cc2cccc(F)c2[nH]1.CC1CC1. The zero-order valence-electron chi connectivity index (χ0n) is 23.8. The van der Waals surface area contributed by atoms with E-state index in [4.69, 9.17) is 10.5 Å². The molecule has 0 radical (unpaired) electrons. The van der Waals surface area contributed by atoms with Crippen LogP contribution in [-0.2, 0) is 23.9 Å². The van der Waals surface area contributed by atoms with E-state index >= 15 is 0 Å². The van der Waals surface area contributed by atoms with Crippen LogP contribution in [0.2, 0.25) is 0 Å². The van der Waals surface area contributed by atoms with Crippen molar-refractivity contribution in [3.63, 3.8) is 0 Å². The van der Waals surface area contributed by atoms with Crippen LogP contribution in [0.4, 0.5) is 4.39 Å². The maximum absolute atomic E-state index is 13.9. The number of aromatic amines is 1. The highest BCUT2D eigenvalue weighted by Gasteiger charge is 2.31. The molecule has 1 saturated carbocycles. The summed E-state index contributed by atoms with van der Waals surface area (Å²) in [5.74, 6) is -3.03. The Hall–Kier alpha value is -3.80. The topological polar surface area (TPSA) is 172 Å². The number of carbonyl (C=O) groups is 5. The zero-order chi connectivity index (χ0) is 30.1. The number of para-hydroxylation sites is 1. The Balaban J connectivity index is 0.00000106. The summed E-state index contributed by atoms with van der Waals surface area (Å²) in [5, 5.41) is 8.17. The van der Waals surface area contributed by atoms with Gasteiger partial charge in [0.2, 0.25) is 11.8 Å². The van der Waals surface area contributed by atoms with E-state index in [1.54, 1.807) is 19.9 Å². The molecule has 0 spiro atoms. The number of H-pyrrole nitrogens is 1. The molecule has 1 aliphatic heterocycles. The molecule has 1 saturated heterocycles. The lowest BCUT2D eigenvalue weighted by molar-refractivity contribution is -0.151. The molecule has 0 bridgehead atoms. The van der Waals surface area contributed by atoms with E-state index in [0.717, 1.165) is 12.3 Å². The number of Topliss-reactive ketones (excluding diaryl/α,β-unsaturated/α-hetero) is 1. The minimum atomic E-state index is -1.12. The number of esters is 1. The van der Waals surface area contributed by atoms with Gasteiger partial charge in [0.25, 0.3) is 5.91 Å². The standard InChI is InChI=1S/C25H32FN5O6.C4H8/c1-13(2)21(27)25(36)37-12-19(32)17(10-15-6-4-8-28-23(15)34)30-20(33)11-29-24(35)18-9-14-5-3-7-16(26)22(14)31-18;1-4-2-3-4/h3,5,7,9,13,15,17,21,31H,4,6,8,10-12,27H2,1-2H3,(H,28,34)(H,29,35)(H,30,33);4H,2-3H2,1H3/t15-,17?,21?;/m0./s1. The maximum atomic E-state index is 13.9. The van der Waals surface area contributed by atoms with E-state index in [1.807, 2.05) is 0 Å². The van der Waals surface area contributed by atoms with Crippen molar-refractivity contribution in [2.24, 2.45) is 23.5 Å². The van der Waals surface area contributed by atoms with Gasteiger partial charge in [-0.3, -0.25) is 24.0 Å². The third-order valence-electron chi connectivity index (χ3n) is 7.12. The van der Waals surface area contributed by atoms with Crippen molar-refractivity contribution in [3.8, 4) is 0 Å². The minimum Gasteiger partial charge on any atom is -0.456 e. The molecule has 2 unspecified atom stereocenters. The van der Waals surface area contributed by atoms with Gasteiger partial charge < -0.3 is 31.4 Å². The van der Waals surface area contributed by atoms with Crippen molar-refractivity contribution in [2.45, 2.75) is 65.0 Å². The number of amides is 3. The van der Waals surface area contributed by atoms with Crippen molar-refractivity contribution in [3.05, 3.63) is 35.8 Å². The van der Waals surface area contributed by atoms with Crippen molar-refractivity contribution in [1.29, 1.82) is 0 Å². The number of hydrogen-bond donors (Lipinski definition) is 5. The van der Waals surface area contributed by atoms with E-state index in [0.29, 0.717) is 18.4 Å². The number of ketones is 1. The second-order valence-corrected chi connectivity index (χ2v) is 11.1. The molecule has 3 amide bonds. The van der Waals surface area contributed by atoms with Gasteiger partial charge in [-0.15, -0.1) is 0 Å². The quantitative estimate of drug-likeness (QED) is 0.256. The monoisotopic (exact) mass is 573 g/mol. The molecule has 224 valence electrons. The third-order valence-corrected chi connectivity index (χ3v) is 7.12. The summed E-state index contributed by atoms with van der Waals surface area (Å²) < 4.78 is 18.9. The van der Waals surface area contributed by atoms with Gasteiger partial charge in [-0.05, 0) is 43.2 Å². The maximum Gasteiger partial charge on any atom is 0.323 e. The van der Waals surface area contributed by atoms with Gasteiger partial charge in [0.05, 0.1) is 18.1 Å². The highest BCUT2D eigenvalue weighted by molar-refractivity contribution is 6.00. The van der Waals surface area contributed by atoms with E-state index in [-0.39, 0.29) is 29.5 Å². The number of carbonyl (C=O) groups excluding carboxylic acids is 5. The number of rotatable bonds is 11. The Kier molecular flexibility index (Phi) is 11.4. The highest BCUT2D eigenvalue weighted by atomic mass is 19.1. The minimum absolute atomic E-state index is 0.0133. The van der Waals surface area contributed by atoms with Gasteiger partial charge in [0, 0.05) is 17.8 Å². The van der Waals surface area contributed by atoms with E-state index in [2.05, 4.69) is 27.9 Å². The van der Waals surface area contributed by atoms with Crippen LogP contribution in [-0.4, -0.2) is 66.2 Å². The molecule has 41 heavy (non-hydrogen) atoms. The fourth-order valence-electron chi connectivity index (χ4n) is 4.14. The van der Waals surface area contributed by atoms with Crippen LogP contribution in [0.5, 0.6) is 0 Å². The van der Waals surface area contributed by atoms with Crippen LogP contribution in [0.25, 0.3) is 10.9 Å². The summed E-state index contributed by atoms with van der Waals surface area (Å²) in [6.07, 6.45) is 4.25. The molecule has 1 aliphatic carbocycles. The molecule has 2 fully saturated rings. The van der Waals surface area contributed by atoms with Crippen LogP contribution in [0.3, 0.4) is 0 Å². The fraction of sp³-hybridized carbons (Fsp3) is 0.552. The predicted octanol–water partition coefficient (Wildman–Crippen LogP) is 1.95. The van der Waals surface area contributed by atoms with E-state index in [9.17, 15) is 28.4 Å². The second kappa shape index (κ2) is 14.7. The summed E-state index contributed by atoms with van der Waals surface area (Å²) in [5.41, 5.74) is 5.98. The van der Waals surface area contributed by atoms with Gasteiger partial charge >= 0.3 is 5.97 Å². The molecule has 12 heteroatoms. The Morgan fingerprint density at radius 2 is 1.88 bits per heavy atom. The molecule has 4 rings (SSSR count). The van der Waals surface area contributed by atoms with Gasteiger partial charge in [-0.25, -0.2) is 4.39 Å².